The lowest BCUT2D eigenvalue weighted by Crippen LogP contribution is -2.21. The Morgan fingerprint density at radius 3 is 2.57 bits per heavy atom. The molecule has 0 fully saturated rings. The molecule has 2 aromatic carbocycles. The van der Waals surface area contributed by atoms with Crippen LogP contribution in [0.3, 0.4) is 0 Å². The molecule has 0 radical (unpaired) electrons. The van der Waals surface area contributed by atoms with Crippen LogP contribution in [0.4, 0.5) is 0 Å². The lowest BCUT2D eigenvalue weighted by molar-refractivity contribution is -0.151. The topological polar surface area (TPSA) is 65.7 Å². The number of ether oxygens (including phenoxy) is 2. The molecule has 1 heterocycles. The molecule has 0 aliphatic heterocycles. The summed E-state index contributed by atoms with van der Waals surface area (Å²) in [7, 11) is 0. The van der Waals surface area contributed by atoms with Gasteiger partial charge in [-0.3, -0.25) is 0 Å². The molecule has 5 nitrogen and oxygen atoms in total. The second kappa shape index (κ2) is 7.89. The molecule has 0 bridgehead atoms. The molecule has 0 saturated carbocycles. The van der Waals surface area contributed by atoms with Gasteiger partial charge in [-0.05, 0) is 50.3 Å². The maximum absolute atomic E-state index is 12.4. The van der Waals surface area contributed by atoms with Crippen molar-refractivity contribution in [2.45, 2.75) is 38.7 Å². The van der Waals surface area contributed by atoms with Gasteiger partial charge in [0.25, 0.3) is 0 Å². The zero-order valence-corrected chi connectivity index (χ0v) is 15.8. The second-order valence-electron chi connectivity index (χ2n) is 6.87. The summed E-state index contributed by atoms with van der Waals surface area (Å²) < 4.78 is 16.7. The number of benzene rings is 2. The fraction of sp³-hybridized carbons (Fsp3) is 0.304. The van der Waals surface area contributed by atoms with Crippen molar-refractivity contribution in [2.24, 2.45) is 0 Å². The van der Waals surface area contributed by atoms with Crippen molar-refractivity contribution in [2.75, 3.05) is 6.61 Å². The predicted octanol–water partition coefficient (Wildman–Crippen LogP) is 4.36. The van der Waals surface area contributed by atoms with Crippen LogP contribution in [0, 0.1) is 0 Å². The van der Waals surface area contributed by atoms with Gasteiger partial charge in [0.1, 0.15) is 11.3 Å². The van der Waals surface area contributed by atoms with Gasteiger partial charge in [-0.1, -0.05) is 30.3 Å². The van der Waals surface area contributed by atoms with Gasteiger partial charge in [-0.2, -0.15) is 0 Å². The van der Waals surface area contributed by atoms with E-state index in [1.807, 2.05) is 42.5 Å². The van der Waals surface area contributed by atoms with Crippen LogP contribution in [0.15, 0.2) is 57.7 Å². The largest absolute Gasteiger partial charge is 0.474 e. The molecule has 4 rings (SSSR count). The second-order valence-corrected chi connectivity index (χ2v) is 6.87. The van der Waals surface area contributed by atoms with Crippen LogP contribution >= 0.6 is 0 Å². The first-order valence-electron chi connectivity index (χ1n) is 9.64. The average molecular weight is 378 g/mol. The Morgan fingerprint density at radius 1 is 1.07 bits per heavy atom. The quantitative estimate of drug-likeness (QED) is 0.488. The molecule has 0 unspecified atom stereocenters. The van der Waals surface area contributed by atoms with Crippen LogP contribution in [0.25, 0.3) is 11.0 Å². The first kappa shape index (κ1) is 18.3. The lowest BCUT2D eigenvalue weighted by Gasteiger charge is -2.19. The van der Waals surface area contributed by atoms with Crippen molar-refractivity contribution in [1.82, 2.24) is 0 Å². The highest BCUT2D eigenvalue weighted by Gasteiger charge is 2.25. The summed E-state index contributed by atoms with van der Waals surface area (Å²) in [6.45, 7) is 2.03. The molecule has 1 aromatic heterocycles. The molecule has 5 heteroatoms. The summed E-state index contributed by atoms with van der Waals surface area (Å²) in [5.41, 5.74) is 2.78. The van der Waals surface area contributed by atoms with Gasteiger partial charge in [-0.25, -0.2) is 9.59 Å². The van der Waals surface area contributed by atoms with Crippen molar-refractivity contribution in [3.63, 3.8) is 0 Å². The number of aryl methyl sites for hydroxylation is 1. The minimum Gasteiger partial charge on any atom is -0.474 e. The number of hydrogen-bond donors (Lipinski definition) is 0. The standard InChI is InChI=1S/C23H22O5/c1-2-26-23(25)21(15-8-4-3-5-9-15)27-16-12-13-18-17-10-6-7-11-19(17)22(24)28-20(18)14-16/h3-5,8-9,12-14,21H,2,6-7,10-11H2,1H3/t21-/m0/s1. The van der Waals surface area contributed by atoms with E-state index in [9.17, 15) is 9.59 Å². The van der Waals surface area contributed by atoms with Crippen LogP contribution < -0.4 is 10.4 Å². The molecule has 0 saturated heterocycles. The Bertz CT molecular complexity index is 1050. The third kappa shape index (κ3) is 3.52. The van der Waals surface area contributed by atoms with Crippen molar-refractivity contribution in [3.8, 4) is 5.75 Å². The van der Waals surface area contributed by atoms with E-state index in [1.165, 1.54) is 0 Å². The van der Waals surface area contributed by atoms with Crippen LogP contribution in [0.1, 0.15) is 42.6 Å². The number of hydrogen-bond acceptors (Lipinski definition) is 5. The van der Waals surface area contributed by atoms with Crippen molar-refractivity contribution in [3.05, 3.63) is 75.6 Å². The summed E-state index contributed by atoms with van der Waals surface area (Å²) >= 11 is 0. The Kier molecular flexibility index (Phi) is 5.15. The van der Waals surface area contributed by atoms with Crippen LogP contribution in [-0.2, 0) is 22.4 Å². The smallest absolute Gasteiger partial charge is 0.352 e. The Morgan fingerprint density at radius 2 is 1.82 bits per heavy atom. The molecule has 1 aliphatic carbocycles. The highest BCUT2D eigenvalue weighted by Crippen LogP contribution is 2.31. The van der Waals surface area contributed by atoms with E-state index in [4.69, 9.17) is 13.9 Å². The highest BCUT2D eigenvalue weighted by atomic mass is 16.6. The first-order valence-corrected chi connectivity index (χ1v) is 9.64. The Labute approximate surface area is 162 Å². The first-order chi connectivity index (χ1) is 13.7. The van der Waals surface area contributed by atoms with Crippen LogP contribution in [-0.4, -0.2) is 12.6 Å². The molecule has 0 amide bonds. The van der Waals surface area contributed by atoms with E-state index < -0.39 is 12.1 Å². The number of esters is 1. The van der Waals surface area contributed by atoms with Crippen LogP contribution in [0.2, 0.25) is 0 Å². The molecular weight excluding hydrogens is 356 g/mol. The van der Waals surface area contributed by atoms with Gasteiger partial charge in [0, 0.05) is 22.6 Å². The maximum atomic E-state index is 12.4. The monoisotopic (exact) mass is 378 g/mol. The number of carbonyl (C=O) groups is 1. The van der Waals surface area contributed by atoms with Gasteiger partial charge >= 0.3 is 11.6 Å². The Hall–Kier alpha value is -3.08. The van der Waals surface area contributed by atoms with E-state index in [0.717, 1.165) is 42.2 Å². The molecule has 3 aromatic rings. The van der Waals surface area contributed by atoms with Gasteiger partial charge in [0.2, 0.25) is 6.10 Å². The van der Waals surface area contributed by atoms with Gasteiger partial charge < -0.3 is 13.9 Å². The van der Waals surface area contributed by atoms with Crippen molar-refractivity contribution < 1.29 is 18.7 Å². The summed E-state index contributed by atoms with van der Waals surface area (Å²) in [5, 5.41) is 0.939. The van der Waals surface area contributed by atoms with Crippen molar-refractivity contribution in [1.29, 1.82) is 0 Å². The predicted molar refractivity (Wildman–Crippen MR) is 106 cm³/mol. The fourth-order valence-corrected chi connectivity index (χ4v) is 3.73. The SMILES string of the molecule is CCOC(=O)[C@@H](Oc1ccc2c3c(c(=O)oc2c1)CCCC3)c1ccccc1. The zero-order valence-electron chi connectivity index (χ0n) is 15.8. The van der Waals surface area contributed by atoms with E-state index in [-0.39, 0.29) is 12.2 Å². The number of carbonyl (C=O) groups excluding carboxylic acids is 1. The number of rotatable bonds is 5. The summed E-state index contributed by atoms with van der Waals surface area (Å²) in [5.74, 6) is -0.00555. The summed E-state index contributed by atoms with van der Waals surface area (Å²) in [6.07, 6.45) is 2.85. The molecule has 1 atom stereocenters. The zero-order chi connectivity index (χ0) is 19.5. The minimum atomic E-state index is -0.886. The van der Waals surface area contributed by atoms with Gasteiger partial charge in [-0.15, -0.1) is 0 Å². The summed E-state index contributed by atoms with van der Waals surface area (Å²) in [4.78, 5) is 24.8. The van der Waals surface area contributed by atoms with E-state index >= 15 is 0 Å². The van der Waals surface area contributed by atoms with E-state index in [1.54, 1.807) is 13.0 Å². The van der Waals surface area contributed by atoms with Crippen LogP contribution in [0.5, 0.6) is 5.75 Å². The normalized spacial score (nSPS) is 14.3. The minimum absolute atomic E-state index is 0.268. The molecular formula is C23H22O5. The molecule has 0 N–H and O–H groups in total. The third-order valence-electron chi connectivity index (χ3n) is 5.05. The molecule has 28 heavy (non-hydrogen) atoms. The molecule has 1 aliphatic rings. The lowest BCUT2D eigenvalue weighted by atomic mass is 9.91. The van der Waals surface area contributed by atoms with E-state index in [0.29, 0.717) is 16.9 Å². The Balaban J connectivity index is 1.71. The van der Waals surface area contributed by atoms with Crippen molar-refractivity contribution >= 4 is 16.9 Å². The summed E-state index contributed by atoms with van der Waals surface area (Å²) in [6, 6.07) is 14.6. The van der Waals surface area contributed by atoms with Gasteiger partial charge in [0.15, 0.2) is 0 Å². The highest BCUT2D eigenvalue weighted by molar-refractivity contribution is 5.83. The number of fused-ring (bicyclic) bond motifs is 3. The molecule has 144 valence electrons. The third-order valence-corrected chi connectivity index (χ3v) is 5.05. The fourth-order valence-electron chi connectivity index (χ4n) is 3.73. The average Bonchev–Trinajstić information content (AvgIpc) is 2.73. The van der Waals surface area contributed by atoms with Gasteiger partial charge in [0.05, 0.1) is 6.61 Å². The molecule has 0 spiro atoms. The maximum Gasteiger partial charge on any atom is 0.352 e. The van der Waals surface area contributed by atoms with E-state index in [2.05, 4.69) is 0 Å².